The molecule has 0 fully saturated rings. The van der Waals surface area contributed by atoms with Crippen molar-refractivity contribution in [3.8, 4) is 5.88 Å². The topological polar surface area (TPSA) is 106 Å². The highest BCUT2D eigenvalue weighted by Crippen LogP contribution is 2.26. The fourth-order valence-electron chi connectivity index (χ4n) is 2.38. The Labute approximate surface area is 174 Å². The van der Waals surface area contributed by atoms with E-state index in [1.54, 1.807) is 7.11 Å². The molecule has 0 bridgehead atoms. The van der Waals surface area contributed by atoms with E-state index in [0.29, 0.717) is 24.1 Å². The van der Waals surface area contributed by atoms with Gasteiger partial charge >= 0.3 is 0 Å². The zero-order valence-corrected chi connectivity index (χ0v) is 18.4. The third kappa shape index (κ3) is 9.60. The first-order valence-corrected chi connectivity index (χ1v) is 9.43. The standard InChI is InChI=1S/C11H16N2O.C10H15NO.CH3NO/c1-8(2)9-4-5-10(12-3)11(6-9)13-7-14;1-7(2)9-5-8(3)6-10(11-9)12-4;2-1-3/h4-8,12H,1-3H3,(H,13,14);5-7H,1-4H3;1H,(H2,2,3). The number of pyridine rings is 1. The molecule has 0 atom stereocenters. The van der Waals surface area contributed by atoms with Crippen molar-refractivity contribution < 1.29 is 14.3 Å². The number of primary amides is 1. The minimum atomic E-state index is 0.250. The van der Waals surface area contributed by atoms with Gasteiger partial charge < -0.3 is 21.1 Å². The largest absolute Gasteiger partial charge is 0.481 e. The molecule has 2 rings (SSSR count). The molecular formula is C22H34N4O3. The minimum absolute atomic E-state index is 0.250. The first-order chi connectivity index (χ1) is 13.7. The lowest BCUT2D eigenvalue weighted by atomic mass is 10.0. The van der Waals surface area contributed by atoms with Crippen LogP contribution >= 0.6 is 0 Å². The number of hydrogen-bond acceptors (Lipinski definition) is 5. The maximum atomic E-state index is 10.4. The average molecular weight is 403 g/mol. The molecule has 2 aromatic rings. The summed E-state index contributed by atoms with van der Waals surface area (Å²) in [5.41, 5.74) is 9.43. The van der Waals surface area contributed by atoms with Gasteiger partial charge in [-0.25, -0.2) is 4.98 Å². The quantitative estimate of drug-likeness (QED) is 0.632. The first-order valence-electron chi connectivity index (χ1n) is 9.43. The van der Waals surface area contributed by atoms with E-state index in [9.17, 15) is 4.79 Å². The number of benzene rings is 1. The van der Waals surface area contributed by atoms with Gasteiger partial charge in [0.15, 0.2) is 0 Å². The van der Waals surface area contributed by atoms with Crippen molar-refractivity contribution in [1.29, 1.82) is 0 Å². The summed E-state index contributed by atoms with van der Waals surface area (Å²) in [6.45, 7) is 10.6. The molecule has 0 unspecified atom stereocenters. The molecule has 7 heteroatoms. The van der Waals surface area contributed by atoms with Crippen molar-refractivity contribution in [2.45, 2.75) is 46.5 Å². The normalized spacial score (nSPS) is 9.55. The highest BCUT2D eigenvalue weighted by Gasteiger charge is 2.05. The molecule has 0 aliphatic heterocycles. The molecule has 0 saturated carbocycles. The van der Waals surface area contributed by atoms with Gasteiger partial charge in [-0.3, -0.25) is 9.59 Å². The highest BCUT2D eigenvalue weighted by atomic mass is 16.5. The van der Waals surface area contributed by atoms with Crippen LogP contribution < -0.4 is 21.1 Å². The molecule has 0 radical (unpaired) electrons. The number of amides is 2. The van der Waals surface area contributed by atoms with Crippen LogP contribution in [0.1, 0.15) is 56.4 Å². The molecule has 0 aliphatic rings. The number of methoxy groups -OCH3 is 1. The van der Waals surface area contributed by atoms with Crippen molar-refractivity contribution in [3.63, 3.8) is 0 Å². The van der Waals surface area contributed by atoms with Crippen LogP contribution in [-0.4, -0.2) is 32.0 Å². The molecular weight excluding hydrogens is 368 g/mol. The molecule has 0 aliphatic carbocycles. The molecule has 0 saturated heterocycles. The van der Waals surface area contributed by atoms with E-state index >= 15 is 0 Å². The lowest BCUT2D eigenvalue weighted by molar-refractivity contribution is -0.107. The van der Waals surface area contributed by atoms with Gasteiger partial charge in [-0.05, 0) is 48.1 Å². The minimum Gasteiger partial charge on any atom is -0.481 e. The molecule has 1 aromatic carbocycles. The number of ether oxygens (including phenoxy) is 1. The van der Waals surface area contributed by atoms with Crippen molar-refractivity contribution in [2.24, 2.45) is 5.73 Å². The molecule has 29 heavy (non-hydrogen) atoms. The predicted molar refractivity (Wildman–Crippen MR) is 120 cm³/mol. The number of aromatic nitrogens is 1. The van der Waals surface area contributed by atoms with E-state index in [0.717, 1.165) is 17.1 Å². The Kier molecular flexibility index (Phi) is 12.5. The van der Waals surface area contributed by atoms with Crippen LogP contribution in [0.3, 0.4) is 0 Å². The maximum Gasteiger partial charge on any atom is 0.213 e. The zero-order chi connectivity index (χ0) is 22.4. The summed E-state index contributed by atoms with van der Waals surface area (Å²) in [5, 5.41) is 5.70. The molecule has 7 nitrogen and oxygen atoms in total. The fourth-order valence-corrected chi connectivity index (χ4v) is 2.38. The number of nitrogens with two attached hydrogens (primary N) is 1. The summed E-state index contributed by atoms with van der Waals surface area (Å²) in [6.07, 6.45) is 0.945. The van der Waals surface area contributed by atoms with E-state index in [2.05, 4.69) is 68.1 Å². The van der Waals surface area contributed by atoms with E-state index in [-0.39, 0.29) is 6.41 Å². The van der Waals surface area contributed by atoms with Crippen molar-refractivity contribution in [3.05, 3.63) is 47.2 Å². The predicted octanol–water partition coefficient (Wildman–Crippen LogP) is 4.04. The van der Waals surface area contributed by atoms with Crippen LogP contribution in [0.5, 0.6) is 5.88 Å². The number of hydrogen-bond donors (Lipinski definition) is 3. The van der Waals surface area contributed by atoms with Gasteiger partial charge in [0, 0.05) is 18.8 Å². The van der Waals surface area contributed by atoms with Gasteiger partial charge in [-0.2, -0.15) is 0 Å². The molecule has 1 heterocycles. The summed E-state index contributed by atoms with van der Waals surface area (Å²) in [7, 11) is 3.48. The van der Waals surface area contributed by atoms with E-state index in [1.165, 1.54) is 11.1 Å². The van der Waals surface area contributed by atoms with Crippen molar-refractivity contribution in [2.75, 3.05) is 24.8 Å². The molecule has 0 spiro atoms. The van der Waals surface area contributed by atoms with E-state index < -0.39 is 0 Å². The second kappa shape index (κ2) is 14.0. The number of anilines is 2. The Balaban J connectivity index is 0.000000481. The molecule has 1 aromatic heterocycles. The lowest BCUT2D eigenvalue weighted by Crippen LogP contribution is -2.01. The molecule has 4 N–H and O–H groups in total. The van der Waals surface area contributed by atoms with E-state index in [4.69, 9.17) is 9.53 Å². The number of rotatable bonds is 6. The Morgan fingerprint density at radius 2 is 1.66 bits per heavy atom. The smallest absolute Gasteiger partial charge is 0.213 e. The van der Waals surface area contributed by atoms with Crippen LogP contribution in [0, 0.1) is 6.92 Å². The number of nitrogens with zero attached hydrogens (tertiary/aromatic N) is 1. The number of aryl methyl sites for hydroxylation is 1. The SMILES string of the molecule is CNc1ccc(C(C)C)cc1NC=O.COc1cc(C)cc(C(C)C)n1.NC=O. The number of carbonyl (C=O) groups excluding carboxylic acids is 2. The first kappa shape index (κ1) is 25.9. The van der Waals surface area contributed by atoms with Gasteiger partial charge in [0.05, 0.1) is 18.5 Å². The second-order valence-corrected chi connectivity index (χ2v) is 6.87. The summed E-state index contributed by atoms with van der Waals surface area (Å²) < 4.78 is 5.07. The summed E-state index contributed by atoms with van der Waals surface area (Å²) >= 11 is 0. The van der Waals surface area contributed by atoms with Crippen LogP contribution in [0.25, 0.3) is 0 Å². The number of nitrogens with one attached hydrogen (secondary N) is 2. The third-order valence-corrected chi connectivity index (χ3v) is 3.96. The monoisotopic (exact) mass is 402 g/mol. The molecule has 2 amide bonds. The van der Waals surface area contributed by atoms with Crippen molar-refractivity contribution in [1.82, 2.24) is 4.98 Å². The van der Waals surface area contributed by atoms with E-state index in [1.807, 2.05) is 25.2 Å². The van der Waals surface area contributed by atoms with Gasteiger partial charge in [-0.1, -0.05) is 33.8 Å². The Morgan fingerprint density at radius 3 is 2.10 bits per heavy atom. The fraction of sp³-hybridized carbons (Fsp3) is 0.409. The second-order valence-electron chi connectivity index (χ2n) is 6.87. The van der Waals surface area contributed by atoms with Crippen LogP contribution in [0.4, 0.5) is 11.4 Å². The van der Waals surface area contributed by atoms with Crippen LogP contribution in [-0.2, 0) is 9.59 Å². The summed E-state index contributed by atoms with van der Waals surface area (Å²) in [4.78, 5) is 23.3. The summed E-state index contributed by atoms with van der Waals surface area (Å²) in [6, 6.07) is 10.1. The van der Waals surface area contributed by atoms with Gasteiger partial charge in [0.1, 0.15) is 0 Å². The van der Waals surface area contributed by atoms with Gasteiger partial charge in [-0.15, -0.1) is 0 Å². The number of carbonyl (C=O) groups is 2. The Bertz CT molecular complexity index is 762. The maximum absolute atomic E-state index is 10.4. The van der Waals surface area contributed by atoms with Crippen molar-refractivity contribution >= 4 is 24.2 Å². The highest BCUT2D eigenvalue weighted by molar-refractivity contribution is 5.81. The van der Waals surface area contributed by atoms with Gasteiger partial charge in [0.25, 0.3) is 0 Å². The summed E-state index contributed by atoms with van der Waals surface area (Å²) in [5.74, 6) is 1.63. The lowest BCUT2D eigenvalue weighted by Gasteiger charge is -2.12. The average Bonchev–Trinajstić information content (AvgIpc) is 2.68. The zero-order valence-electron chi connectivity index (χ0n) is 18.4. The Morgan fingerprint density at radius 1 is 1.03 bits per heavy atom. The molecule has 160 valence electrons. The third-order valence-electron chi connectivity index (χ3n) is 3.96. The Hall–Kier alpha value is -3.09. The van der Waals surface area contributed by atoms with Gasteiger partial charge in [0.2, 0.25) is 18.7 Å². The van der Waals surface area contributed by atoms with Crippen LogP contribution in [0.2, 0.25) is 0 Å². The van der Waals surface area contributed by atoms with Crippen LogP contribution in [0.15, 0.2) is 30.3 Å².